The Morgan fingerprint density at radius 2 is 1.88 bits per heavy atom. The zero-order chi connectivity index (χ0) is 18.7. The number of ether oxygens (including phenoxy) is 1. The number of aryl methyl sites for hydroxylation is 2. The summed E-state index contributed by atoms with van der Waals surface area (Å²) < 4.78 is 46.3. The van der Waals surface area contributed by atoms with Crippen molar-refractivity contribution in [3.05, 3.63) is 71.3 Å². The molecule has 1 aromatic heterocycles. The van der Waals surface area contributed by atoms with E-state index in [2.05, 4.69) is 14.9 Å². The minimum atomic E-state index is -3.76. The fourth-order valence-electron chi connectivity index (χ4n) is 2.54. The lowest BCUT2D eigenvalue weighted by Crippen LogP contribution is -2.14. The molecule has 0 aliphatic heterocycles. The number of aromatic amines is 1. The predicted octanol–water partition coefficient (Wildman–Crippen LogP) is 3.55. The van der Waals surface area contributed by atoms with Gasteiger partial charge in [0.1, 0.15) is 23.1 Å². The highest BCUT2D eigenvalue weighted by molar-refractivity contribution is 7.92. The molecular formula is C18H18FN3O3S. The Morgan fingerprint density at radius 1 is 1.15 bits per heavy atom. The molecular weight excluding hydrogens is 357 g/mol. The summed E-state index contributed by atoms with van der Waals surface area (Å²) in [6.07, 6.45) is 0. The third-order valence-electron chi connectivity index (χ3n) is 3.73. The average molecular weight is 375 g/mol. The van der Waals surface area contributed by atoms with Gasteiger partial charge in [0, 0.05) is 6.07 Å². The number of benzene rings is 2. The van der Waals surface area contributed by atoms with E-state index in [4.69, 9.17) is 4.74 Å². The normalized spacial score (nSPS) is 11.3. The Hall–Kier alpha value is -2.87. The van der Waals surface area contributed by atoms with Crippen LogP contribution in [-0.4, -0.2) is 18.6 Å². The summed E-state index contributed by atoms with van der Waals surface area (Å²) >= 11 is 0. The molecule has 1 heterocycles. The van der Waals surface area contributed by atoms with Gasteiger partial charge in [-0.05, 0) is 43.7 Å². The summed E-state index contributed by atoms with van der Waals surface area (Å²) in [5.74, 6) is 0.185. The maximum absolute atomic E-state index is 12.9. The summed E-state index contributed by atoms with van der Waals surface area (Å²) in [7, 11) is -3.76. The van der Waals surface area contributed by atoms with Crippen molar-refractivity contribution in [2.24, 2.45) is 0 Å². The molecule has 8 heteroatoms. The largest absolute Gasteiger partial charge is 0.489 e. The van der Waals surface area contributed by atoms with Crippen LogP contribution in [0.1, 0.15) is 17.0 Å². The van der Waals surface area contributed by atoms with E-state index in [0.717, 1.165) is 5.56 Å². The van der Waals surface area contributed by atoms with Gasteiger partial charge in [0.2, 0.25) is 0 Å². The Bertz CT molecular complexity index is 995. The van der Waals surface area contributed by atoms with E-state index >= 15 is 0 Å². The van der Waals surface area contributed by atoms with E-state index in [1.54, 1.807) is 50.2 Å². The van der Waals surface area contributed by atoms with Crippen molar-refractivity contribution < 1.29 is 17.5 Å². The first-order valence-electron chi connectivity index (χ1n) is 7.87. The first-order valence-corrected chi connectivity index (χ1v) is 9.35. The van der Waals surface area contributed by atoms with Crippen LogP contribution in [0.4, 0.5) is 10.1 Å². The van der Waals surface area contributed by atoms with E-state index in [9.17, 15) is 12.8 Å². The van der Waals surface area contributed by atoms with Gasteiger partial charge in [0.25, 0.3) is 10.0 Å². The number of anilines is 1. The Labute approximate surface area is 151 Å². The summed E-state index contributed by atoms with van der Waals surface area (Å²) in [5.41, 5.74) is 2.06. The molecule has 136 valence electrons. The summed E-state index contributed by atoms with van der Waals surface area (Å²) in [6, 6.07) is 12.6. The minimum Gasteiger partial charge on any atom is -0.489 e. The molecule has 6 nitrogen and oxygen atoms in total. The number of H-pyrrole nitrogens is 1. The lowest BCUT2D eigenvalue weighted by molar-refractivity contribution is 0.306. The van der Waals surface area contributed by atoms with Crippen LogP contribution in [0.15, 0.2) is 53.4 Å². The Balaban J connectivity index is 1.74. The van der Waals surface area contributed by atoms with Crippen LogP contribution in [0, 0.1) is 19.7 Å². The molecule has 0 aliphatic rings. The highest BCUT2D eigenvalue weighted by atomic mass is 32.2. The molecule has 0 saturated carbocycles. The maximum atomic E-state index is 12.9. The van der Waals surface area contributed by atoms with Gasteiger partial charge >= 0.3 is 0 Å². The molecule has 0 spiro atoms. The fraction of sp³-hybridized carbons (Fsp3) is 0.167. The lowest BCUT2D eigenvalue weighted by Gasteiger charge is -2.11. The average Bonchev–Trinajstić information content (AvgIpc) is 2.94. The van der Waals surface area contributed by atoms with Crippen molar-refractivity contribution >= 4 is 15.7 Å². The number of hydrogen-bond acceptors (Lipinski definition) is 4. The van der Waals surface area contributed by atoms with Crippen LogP contribution in [0.2, 0.25) is 0 Å². The van der Waals surface area contributed by atoms with Gasteiger partial charge in [-0.1, -0.05) is 18.2 Å². The molecule has 2 aromatic carbocycles. The quantitative estimate of drug-likeness (QED) is 0.690. The topological polar surface area (TPSA) is 84.1 Å². The third-order valence-corrected chi connectivity index (χ3v) is 5.38. The zero-order valence-corrected chi connectivity index (χ0v) is 15.1. The van der Waals surface area contributed by atoms with Crippen LogP contribution in [0.25, 0.3) is 0 Å². The van der Waals surface area contributed by atoms with E-state index in [1.165, 1.54) is 12.1 Å². The molecule has 0 radical (unpaired) electrons. The minimum absolute atomic E-state index is 0.134. The summed E-state index contributed by atoms with van der Waals surface area (Å²) in [4.78, 5) is 0.134. The molecule has 0 bridgehead atoms. The van der Waals surface area contributed by atoms with Gasteiger partial charge in [-0.3, -0.25) is 9.82 Å². The monoisotopic (exact) mass is 375 g/mol. The molecule has 0 amide bonds. The molecule has 0 aliphatic carbocycles. The number of nitrogens with one attached hydrogen (secondary N) is 2. The van der Waals surface area contributed by atoms with Crippen molar-refractivity contribution in [3.8, 4) is 5.75 Å². The molecule has 3 aromatic rings. The smallest absolute Gasteiger partial charge is 0.265 e. The van der Waals surface area contributed by atoms with Gasteiger partial charge in [-0.2, -0.15) is 5.10 Å². The number of aromatic nitrogens is 2. The number of rotatable bonds is 6. The molecule has 0 unspecified atom stereocenters. The Morgan fingerprint density at radius 3 is 2.54 bits per heavy atom. The molecule has 26 heavy (non-hydrogen) atoms. The highest BCUT2D eigenvalue weighted by Crippen LogP contribution is 2.24. The van der Waals surface area contributed by atoms with Gasteiger partial charge in [-0.25, -0.2) is 12.8 Å². The second-order valence-corrected chi connectivity index (χ2v) is 7.43. The predicted molar refractivity (Wildman–Crippen MR) is 96.0 cm³/mol. The van der Waals surface area contributed by atoms with Crippen molar-refractivity contribution in [3.63, 3.8) is 0 Å². The SMILES string of the molecule is Cc1n[nH]c(C)c1S(=O)(=O)Nc1cccc(OCc2ccc(F)cc2)c1. The van der Waals surface area contributed by atoms with Crippen molar-refractivity contribution in [1.82, 2.24) is 10.2 Å². The van der Waals surface area contributed by atoms with Crippen LogP contribution in [0.5, 0.6) is 5.75 Å². The van der Waals surface area contributed by atoms with Crippen LogP contribution in [-0.2, 0) is 16.6 Å². The van der Waals surface area contributed by atoms with Crippen LogP contribution in [0.3, 0.4) is 0 Å². The van der Waals surface area contributed by atoms with Crippen LogP contribution >= 0.6 is 0 Å². The third kappa shape index (κ3) is 4.02. The van der Waals surface area contributed by atoms with Crippen LogP contribution < -0.4 is 9.46 Å². The number of nitrogens with zero attached hydrogens (tertiary/aromatic N) is 1. The molecule has 0 atom stereocenters. The van der Waals surface area contributed by atoms with E-state index in [0.29, 0.717) is 22.8 Å². The summed E-state index contributed by atoms with van der Waals surface area (Å²) in [5, 5.41) is 6.58. The number of hydrogen-bond donors (Lipinski definition) is 2. The molecule has 0 saturated heterocycles. The number of sulfonamides is 1. The highest BCUT2D eigenvalue weighted by Gasteiger charge is 2.22. The van der Waals surface area contributed by atoms with E-state index in [1.807, 2.05) is 0 Å². The lowest BCUT2D eigenvalue weighted by atomic mass is 10.2. The second kappa shape index (κ2) is 7.17. The van der Waals surface area contributed by atoms with E-state index < -0.39 is 10.0 Å². The Kier molecular flexibility index (Phi) is 4.94. The second-order valence-electron chi connectivity index (χ2n) is 5.81. The number of halogens is 1. The first kappa shape index (κ1) is 17.9. The van der Waals surface area contributed by atoms with Gasteiger partial charge < -0.3 is 4.74 Å². The van der Waals surface area contributed by atoms with Gasteiger partial charge in [-0.15, -0.1) is 0 Å². The zero-order valence-electron chi connectivity index (χ0n) is 14.3. The van der Waals surface area contributed by atoms with E-state index in [-0.39, 0.29) is 17.3 Å². The van der Waals surface area contributed by atoms with Crippen molar-refractivity contribution in [1.29, 1.82) is 0 Å². The standard InChI is InChI=1S/C18H18FN3O3S/c1-12-18(13(2)21-20-12)26(23,24)22-16-4-3-5-17(10-16)25-11-14-6-8-15(19)9-7-14/h3-10,22H,11H2,1-2H3,(H,20,21). The van der Waals surface area contributed by atoms with Gasteiger partial charge in [0.05, 0.1) is 17.1 Å². The summed E-state index contributed by atoms with van der Waals surface area (Å²) in [6.45, 7) is 3.52. The maximum Gasteiger partial charge on any atom is 0.265 e. The molecule has 3 rings (SSSR count). The van der Waals surface area contributed by atoms with Gasteiger partial charge in [0.15, 0.2) is 0 Å². The molecule has 2 N–H and O–H groups in total. The van der Waals surface area contributed by atoms with Crippen molar-refractivity contribution in [2.75, 3.05) is 4.72 Å². The first-order chi connectivity index (χ1) is 12.3. The van der Waals surface area contributed by atoms with Crippen molar-refractivity contribution in [2.45, 2.75) is 25.3 Å². The molecule has 0 fully saturated rings. The fourth-order valence-corrected chi connectivity index (χ4v) is 3.96.